The number of nitrogens with one attached hydrogen (secondary N) is 1. The lowest BCUT2D eigenvalue weighted by Gasteiger charge is -2.27. The van der Waals surface area contributed by atoms with Crippen LogP contribution in [-0.2, 0) is 12.8 Å². The molecule has 1 aromatic rings. The zero-order valence-corrected chi connectivity index (χ0v) is 10.2. The molecule has 0 bridgehead atoms. The van der Waals surface area contributed by atoms with Gasteiger partial charge in [-0.2, -0.15) is 0 Å². The van der Waals surface area contributed by atoms with E-state index in [1.54, 1.807) is 6.07 Å². The molecule has 1 amide bonds. The summed E-state index contributed by atoms with van der Waals surface area (Å²) < 4.78 is 0. The maximum absolute atomic E-state index is 11.6. The van der Waals surface area contributed by atoms with Crippen molar-refractivity contribution in [3.63, 3.8) is 0 Å². The summed E-state index contributed by atoms with van der Waals surface area (Å²) in [6.45, 7) is 4.41. The SMILES string of the molecule is CC(C)C1CCc2[nH]c(=O)c(C(N)=O)cc2C1. The first-order valence-electron chi connectivity index (χ1n) is 6.04. The summed E-state index contributed by atoms with van der Waals surface area (Å²) in [5, 5.41) is 0. The fourth-order valence-corrected chi connectivity index (χ4v) is 2.48. The van der Waals surface area contributed by atoms with Crippen molar-refractivity contribution in [3.05, 3.63) is 33.2 Å². The van der Waals surface area contributed by atoms with Gasteiger partial charge in [0, 0.05) is 5.69 Å². The minimum Gasteiger partial charge on any atom is -0.365 e. The van der Waals surface area contributed by atoms with Crippen molar-refractivity contribution >= 4 is 5.91 Å². The summed E-state index contributed by atoms with van der Waals surface area (Å²) in [6.07, 6.45) is 2.90. The van der Waals surface area contributed by atoms with Crippen LogP contribution in [0.15, 0.2) is 10.9 Å². The van der Waals surface area contributed by atoms with Crippen LogP contribution in [0.2, 0.25) is 0 Å². The summed E-state index contributed by atoms with van der Waals surface area (Å²) in [7, 11) is 0. The first kappa shape index (κ1) is 11.9. The van der Waals surface area contributed by atoms with Crippen LogP contribution in [-0.4, -0.2) is 10.9 Å². The minimum absolute atomic E-state index is 0.0770. The molecule has 4 heteroatoms. The van der Waals surface area contributed by atoms with Gasteiger partial charge in [-0.25, -0.2) is 0 Å². The fourth-order valence-electron chi connectivity index (χ4n) is 2.48. The van der Waals surface area contributed by atoms with E-state index in [9.17, 15) is 9.59 Å². The summed E-state index contributed by atoms with van der Waals surface area (Å²) in [6, 6.07) is 1.67. The molecule has 1 unspecified atom stereocenters. The molecule has 1 aromatic heterocycles. The van der Waals surface area contributed by atoms with E-state index in [0.717, 1.165) is 30.5 Å². The van der Waals surface area contributed by atoms with Gasteiger partial charge in [-0.1, -0.05) is 13.8 Å². The molecule has 1 aliphatic rings. The molecule has 1 heterocycles. The van der Waals surface area contributed by atoms with E-state index in [2.05, 4.69) is 18.8 Å². The predicted octanol–water partition coefficient (Wildman–Crippen LogP) is 1.23. The van der Waals surface area contributed by atoms with Crippen LogP contribution in [0.25, 0.3) is 0 Å². The van der Waals surface area contributed by atoms with Gasteiger partial charge in [-0.3, -0.25) is 9.59 Å². The Hall–Kier alpha value is -1.58. The third kappa shape index (κ3) is 2.25. The van der Waals surface area contributed by atoms with Crippen LogP contribution < -0.4 is 11.3 Å². The molecule has 0 aromatic carbocycles. The van der Waals surface area contributed by atoms with Gasteiger partial charge < -0.3 is 10.7 Å². The maximum Gasteiger partial charge on any atom is 0.261 e. The molecular formula is C13H18N2O2. The number of nitrogens with two attached hydrogens (primary N) is 1. The molecule has 17 heavy (non-hydrogen) atoms. The average molecular weight is 234 g/mol. The Morgan fingerprint density at radius 3 is 2.82 bits per heavy atom. The predicted molar refractivity (Wildman–Crippen MR) is 65.9 cm³/mol. The highest BCUT2D eigenvalue weighted by atomic mass is 16.2. The van der Waals surface area contributed by atoms with Crippen LogP contribution in [0.5, 0.6) is 0 Å². The van der Waals surface area contributed by atoms with Crippen LogP contribution in [0, 0.1) is 11.8 Å². The number of H-pyrrole nitrogens is 1. The first-order valence-corrected chi connectivity index (χ1v) is 6.04. The highest BCUT2D eigenvalue weighted by Gasteiger charge is 2.23. The molecule has 0 radical (unpaired) electrons. The van der Waals surface area contributed by atoms with E-state index >= 15 is 0 Å². The Labute approximate surface area is 100 Å². The molecule has 92 valence electrons. The molecule has 3 N–H and O–H groups in total. The van der Waals surface area contributed by atoms with Gasteiger partial charge in [0.25, 0.3) is 11.5 Å². The van der Waals surface area contributed by atoms with E-state index in [4.69, 9.17) is 5.73 Å². The monoisotopic (exact) mass is 234 g/mol. The zero-order chi connectivity index (χ0) is 12.6. The van der Waals surface area contributed by atoms with E-state index < -0.39 is 5.91 Å². The number of rotatable bonds is 2. The number of amides is 1. The van der Waals surface area contributed by atoms with Gasteiger partial charge in [-0.05, 0) is 42.7 Å². The lowest BCUT2D eigenvalue weighted by atomic mass is 9.80. The van der Waals surface area contributed by atoms with Crippen molar-refractivity contribution in [1.29, 1.82) is 0 Å². The Kier molecular flexibility index (Phi) is 3.05. The normalized spacial score (nSPS) is 19.1. The highest BCUT2D eigenvalue weighted by Crippen LogP contribution is 2.28. The van der Waals surface area contributed by atoms with E-state index in [1.807, 2.05) is 0 Å². The minimum atomic E-state index is -0.652. The lowest BCUT2D eigenvalue weighted by molar-refractivity contribution is 0.0998. The second-order valence-corrected chi connectivity index (χ2v) is 5.13. The molecule has 0 aliphatic heterocycles. The Bertz CT molecular complexity index is 503. The number of hydrogen-bond acceptors (Lipinski definition) is 2. The number of aromatic amines is 1. The number of aromatic nitrogens is 1. The third-order valence-electron chi connectivity index (χ3n) is 3.67. The number of hydrogen-bond donors (Lipinski definition) is 2. The first-order chi connectivity index (χ1) is 7.99. The lowest BCUT2D eigenvalue weighted by Crippen LogP contribution is -2.28. The Balaban J connectivity index is 2.40. The molecule has 1 aliphatic carbocycles. The molecule has 2 rings (SSSR count). The summed E-state index contributed by atoms with van der Waals surface area (Å²) in [5.41, 5.74) is 6.94. The maximum atomic E-state index is 11.6. The summed E-state index contributed by atoms with van der Waals surface area (Å²) >= 11 is 0. The second kappa shape index (κ2) is 4.35. The number of carbonyl (C=O) groups excluding carboxylic acids is 1. The molecule has 1 atom stereocenters. The van der Waals surface area contributed by atoms with Crippen LogP contribution in [0.1, 0.15) is 41.9 Å². The number of fused-ring (bicyclic) bond motifs is 1. The number of carbonyl (C=O) groups is 1. The molecule has 4 nitrogen and oxygen atoms in total. The molecule has 0 fully saturated rings. The molecule has 0 saturated carbocycles. The number of primary amides is 1. The smallest absolute Gasteiger partial charge is 0.261 e. The topological polar surface area (TPSA) is 75.9 Å². The largest absolute Gasteiger partial charge is 0.365 e. The van der Waals surface area contributed by atoms with E-state index in [-0.39, 0.29) is 11.1 Å². The second-order valence-electron chi connectivity index (χ2n) is 5.13. The quantitative estimate of drug-likeness (QED) is 0.807. The Morgan fingerprint density at radius 2 is 2.24 bits per heavy atom. The van der Waals surface area contributed by atoms with Crippen LogP contribution in [0.3, 0.4) is 0 Å². The van der Waals surface area contributed by atoms with Gasteiger partial charge in [-0.15, -0.1) is 0 Å². The van der Waals surface area contributed by atoms with Crippen molar-refractivity contribution in [3.8, 4) is 0 Å². The average Bonchev–Trinajstić information content (AvgIpc) is 2.27. The molecule has 0 spiro atoms. The Morgan fingerprint density at radius 1 is 1.53 bits per heavy atom. The van der Waals surface area contributed by atoms with Gasteiger partial charge in [0.05, 0.1) is 0 Å². The van der Waals surface area contributed by atoms with Gasteiger partial charge >= 0.3 is 0 Å². The van der Waals surface area contributed by atoms with Gasteiger partial charge in [0.2, 0.25) is 0 Å². The van der Waals surface area contributed by atoms with Crippen LogP contribution >= 0.6 is 0 Å². The van der Waals surface area contributed by atoms with Crippen molar-refractivity contribution in [2.75, 3.05) is 0 Å². The van der Waals surface area contributed by atoms with Crippen molar-refractivity contribution in [2.24, 2.45) is 17.6 Å². The van der Waals surface area contributed by atoms with E-state index in [0.29, 0.717) is 11.8 Å². The van der Waals surface area contributed by atoms with E-state index in [1.165, 1.54) is 0 Å². The highest BCUT2D eigenvalue weighted by molar-refractivity contribution is 5.92. The fraction of sp³-hybridized carbons (Fsp3) is 0.538. The summed E-state index contributed by atoms with van der Waals surface area (Å²) in [4.78, 5) is 25.5. The zero-order valence-electron chi connectivity index (χ0n) is 10.2. The standard InChI is InChI=1S/C13H18N2O2/c1-7(2)8-3-4-11-9(5-8)6-10(12(14)16)13(17)15-11/h6-8H,3-5H2,1-2H3,(H2,14,16)(H,15,17). The van der Waals surface area contributed by atoms with Gasteiger partial charge in [0.1, 0.15) is 5.56 Å². The van der Waals surface area contributed by atoms with Crippen molar-refractivity contribution in [1.82, 2.24) is 4.98 Å². The van der Waals surface area contributed by atoms with Crippen molar-refractivity contribution in [2.45, 2.75) is 33.1 Å². The molecular weight excluding hydrogens is 216 g/mol. The molecule has 0 saturated heterocycles. The van der Waals surface area contributed by atoms with Crippen molar-refractivity contribution < 1.29 is 4.79 Å². The summed E-state index contributed by atoms with van der Waals surface area (Å²) in [5.74, 6) is 0.585. The number of pyridine rings is 1. The third-order valence-corrected chi connectivity index (χ3v) is 3.67. The van der Waals surface area contributed by atoms with Gasteiger partial charge in [0.15, 0.2) is 0 Å². The van der Waals surface area contributed by atoms with Crippen LogP contribution in [0.4, 0.5) is 0 Å². The number of aryl methyl sites for hydroxylation is 1.